The molecule has 0 aliphatic heterocycles. The highest BCUT2D eigenvalue weighted by Gasteiger charge is 2.21. The van der Waals surface area contributed by atoms with Gasteiger partial charge < -0.3 is 4.98 Å². The van der Waals surface area contributed by atoms with Gasteiger partial charge in [0, 0.05) is 23.5 Å². The van der Waals surface area contributed by atoms with E-state index in [1.165, 1.54) is 0 Å². The van der Waals surface area contributed by atoms with E-state index in [9.17, 15) is 8.42 Å². The molecule has 0 unspecified atom stereocenters. The van der Waals surface area contributed by atoms with Crippen LogP contribution in [-0.2, 0) is 10.0 Å². The first-order valence-electron chi connectivity index (χ1n) is 7.77. The molecule has 24 heavy (non-hydrogen) atoms. The topological polar surface area (TPSA) is 74.8 Å². The molecule has 0 radical (unpaired) electrons. The second kappa shape index (κ2) is 5.94. The minimum Gasteiger partial charge on any atom is -0.346 e. The van der Waals surface area contributed by atoms with Gasteiger partial charge in [-0.1, -0.05) is 32.9 Å². The molecular formula is C18H21N3O2S. The largest absolute Gasteiger partial charge is 0.346 e. The molecule has 3 rings (SSSR count). The van der Waals surface area contributed by atoms with Crippen molar-refractivity contribution in [3.63, 3.8) is 0 Å². The highest BCUT2D eigenvalue weighted by molar-refractivity contribution is 7.92. The van der Waals surface area contributed by atoms with Gasteiger partial charge in [0.05, 0.1) is 5.75 Å². The van der Waals surface area contributed by atoms with Gasteiger partial charge in [0.15, 0.2) is 0 Å². The third-order valence-corrected chi connectivity index (χ3v) is 5.35. The highest BCUT2D eigenvalue weighted by Crippen LogP contribution is 2.28. The Morgan fingerprint density at radius 1 is 1.08 bits per heavy atom. The van der Waals surface area contributed by atoms with Crippen molar-refractivity contribution in [1.29, 1.82) is 0 Å². The van der Waals surface area contributed by atoms with Crippen molar-refractivity contribution in [2.24, 2.45) is 5.41 Å². The van der Waals surface area contributed by atoms with E-state index in [1.54, 1.807) is 18.3 Å². The summed E-state index contributed by atoms with van der Waals surface area (Å²) >= 11 is 0. The Kier molecular flexibility index (Phi) is 4.09. The molecule has 0 atom stereocenters. The molecule has 0 bridgehead atoms. The molecule has 3 aromatic rings. The van der Waals surface area contributed by atoms with Crippen LogP contribution < -0.4 is 4.72 Å². The van der Waals surface area contributed by atoms with Crippen molar-refractivity contribution in [3.8, 4) is 11.1 Å². The Bertz CT molecular complexity index is 952. The smallest absolute Gasteiger partial charge is 0.233 e. The fourth-order valence-corrected chi connectivity index (χ4v) is 4.42. The predicted molar refractivity (Wildman–Crippen MR) is 98.4 cm³/mol. The lowest BCUT2D eigenvalue weighted by Crippen LogP contribution is -2.26. The maximum atomic E-state index is 12.2. The van der Waals surface area contributed by atoms with E-state index in [0.717, 1.165) is 22.2 Å². The molecule has 0 spiro atoms. The Hall–Kier alpha value is -2.34. The first kappa shape index (κ1) is 16.5. The number of pyridine rings is 1. The number of H-pyrrole nitrogens is 1. The van der Waals surface area contributed by atoms with Gasteiger partial charge in [-0.3, -0.25) is 4.72 Å². The normalized spacial score (nSPS) is 12.5. The van der Waals surface area contributed by atoms with Crippen molar-refractivity contribution >= 4 is 26.7 Å². The van der Waals surface area contributed by atoms with E-state index in [4.69, 9.17) is 0 Å². The van der Waals surface area contributed by atoms with Gasteiger partial charge in [0.25, 0.3) is 0 Å². The van der Waals surface area contributed by atoms with Crippen LogP contribution in [0.5, 0.6) is 0 Å². The number of anilines is 1. The number of aromatic nitrogens is 2. The summed E-state index contributed by atoms with van der Waals surface area (Å²) in [5.74, 6) is 0.0794. The number of sulfonamides is 1. The zero-order valence-electron chi connectivity index (χ0n) is 14.0. The molecule has 0 aliphatic carbocycles. The van der Waals surface area contributed by atoms with Gasteiger partial charge in [-0.25, -0.2) is 13.4 Å². The Labute approximate surface area is 142 Å². The van der Waals surface area contributed by atoms with Gasteiger partial charge in [-0.2, -0.15) is 0 Å². The highest BCUT2D eigenvalue weighted by atomic mass is 32.2. The third-order valence-electron chi connectivity index (χ3n) is 3.55. The summed E-state index contributed by atoms with van der Waals surface area (Å²) in [6.07, 6.45) is 3.62. The number of benzene rings is 1. The van der Waals surface area contributed by atoms with Crippen molar-refractivity contribution in [2.75, 3.05) is 10.5 Å². The number of aromatic amines is 1. The summed E-state index contributed by atoms with van der Waals surface area (Å²) in [5.41, 5.74) is 3.19. The monoisotopic (exact) mass is 343 g/mol. The predicted octanol–water partition coefficient (Wildman–Crippen LogP) is 4.02. The lowest BCUT2D eigenvalue weighted by molar-refractivity contribution is 0.463. The van der Waals surface area contributed by atoms with Gasteiger partial charge in [-0.05, 0) is 40.8 Å². The summed E-state index contributed by atoms with van der Waals surface area (Å²) in [5, 5.41) is 1.04. The summed E-state index contributed by atoms with van der Waals surface area (Å²) in [6, 6.07) is 11.3. The molecular weight excluding hydrogens is 322 g/mol. The van der Waals surface area contributed by atoms with Crippen molar-refractivity contribution in [2.45, 2.75) is 20.8 Å². The molecule has 2 aromatic heterocycles. The molecule has 0 aliphatic rings. The van der Waals surface area contributed by atoms with Crippen LogP contribution in [0.3, 0.4) is 0 Å². The lowest BCUT2D eigenvalue weighted by Gasteiger charge is -2.18. The average Bonchev–Trinajstić information content (AvgIpc) is 2.93. The van der Waals surface area contributed by atoms with Crippen LogP contribution in [0.25, 0.3) is 22.2 Å². The maximum Gasteiger partial charge on any atom is 0.233 e. The fourth-order valence-electron chi connectivity index (χ4n) is 2.72. The lowest BCUT2D eigenvalue weighted by atomic mass is 10.0. The Morgan fingerprint density at radius 3 is 2.46 bits per heavy atom. The number of nitrogens with zero attached hydrogens (tertiary/aromatic N) is 1. The summed E-state index contributed by atoms with van der Waals surface area (Å²) in [4.78, 5) is 7.37. The van der Waals surface area contributed by atoms with Gasteiger partial charge in [0.2, 0.25) is 10.0 Å². The molecule has 5 nitrogen and oxygen atoms in total. The Balaban J connectivity index is 1.85. The van der Waals surface area contributed by atoms with Gasteiger partial charge >= 0.3 is 0 Å². The van der Waals surface area contributed by atoms with E-state index in [1.807, 2.05) is 51.2 Å². The minimum atomic E-state index is -3.36. The molecule has 6 heteroatoms. The number of rotatable bonds is 4. The van der Waals surface area contributed by atoms with Crippen molar-refractivity contribution < 1.29 is 8.42 Å². The van der Waals surface area contributed by atoms with Crippen LogP contribution in [0.4, 0.5) is 5.69 Å². The van der Waals surface area contributed by atoms with Crippen LogP contribution in [0.2, 0.25) is 0 Å². The van der Waals surface area contributed by atoms with Crippen molar-refractivity contribution in [3.05, 3.63) is 48.8 Å². The summed E-state index contributed by atoms with van der Waals surface area (Å²) in [7, 11) is -3.36. The minimum absolute atomic E-state index is 0.0794. The quantitative estimate of drug-likeness (QED) is 0.751. The van der Waals surface area contributed by atoms with Crippen LogP contribution in [0.1, 0.15) is 20.8 Å². The fraction of sp³-hybridized carbons (Fsp3) is 0.278. The second-order valence-corrected chi connectivity index (χ2v) is 8.82. The number of fused-ring (bicyclic) bond motifs is 1. The van der Waals surface area contributed by atoms with E-state index < -0.39 is 10.0 Å². The summed E-state index contributed by atoms with van der Waals surface area (Å²) in [6.45, 7) is 5.71. The molecule has 0 saturated heterocycles. The number of nitrogens with one attached hydrogen (secondary N) is 2. The second-order valence-electron chi connectivity index (χ2n) is 7.10. The van der Waals surface area contributed by atoms with E-state index in [-0.39, 0.29) is 11.2 Å². The van der Waals surface area contributed by atoms with Gasteiger partial charge in [0.1, 0.15) is 5.65 Å². The first-order chi connectivity index (χ1) is 11.2. The van der Waals surface area contributed by atoms with Crippen LogP contribution in [0, 0.1) is 5.41 Å². The van der Waals surface area contributed by atoms with Crippen molar-refractivity contribution in [1.82, 2.24) is 9.97 Å². The molecule has 2 heterocycles. The molecule has 126 valence electrons. The molecule has 0 saturated carbocycles. The van der Waals surface area contributed by atoms with E-state index >= 15 is 0 Å². The zero-order valence-corrected chi connectivity index (χ0v) is 14.8. The number of hydrogen-bond donors (Lipinski definition) is 2. The Morgan fingerprint density at radius 2 is 1.79 bits per heavy atom. The standard InChI is InChI=1S/C18H21N3O2S/c1-18(2,3)12-24(22,23)21-14-6-4-13(5-7-14)15-8-10-19-17-16(15)9-11-20-17/h4-11,21H,12H2,1-3H3,(H,19,20). The molecule has 0 amide bonds. The zero-order chi connectivity index (χ0) is 17.4. The number of hydrogen-bond acceptors (Lipinski definition) is 3. The van der Waals surface area contributed by atoms with E-state index in [0.29, 0.717) is 5.69 Å². The molecule has 1 aromatic carbocycles. The molecule has 2 N–H and O–H groups in total. The van der Waals surface area contributed by atoms with Crippen LogP contribution >= 0.6 is 0 Å². The summed E-state index contributed by atoms with van der Waals surface area (Å²) < 4.78 is 27.0. The third kappa shape index (κ3) is 3.76. The van der Waals surface area contributed by atoms with E-state index in [2.05, 4.69) is 14.7 Å². The SMILES string of the molecule is CC(C)(C)CS(=O)(=O)Nc1ccc(-c2ccnc3[nH]ccc23)cc1. The van der Waals surface area contributed by atoms with Crippen LogP contribution in [-0.4, -0.2) is 24.1 Å². The first-order valence-corrected chi connectivity index (χ1v) is 9.42. The average molecular weight is 343 g/mol. The van der Waals surface area contributed by atoms with Gasteiger partial charge in [-0.15, -0.1) is 0 Å². The maximum absolute atomic E-state index is 12.2. The molecule has 0 fully saturated rings. The van der Waals surface area contributed by atoms with Crippen LogP contribution in [0.15, 0.2) is 48.8 Å².